The Balaban J connectivity index is 1.29. The second-order valence-electron chi connectivity index (χ2n) is 8.12. The fourth-order valence-electron chi connectivity index (χ4n) is 4.00. The normalized spacial score (nSPS) is 18.5. The van der Waals surface area contributed by atoms with E-state index in [2.05, 4.69) is 30.6 Å². The van der Waals surface area contributed by atoms with Gasteiger partial charge in [-0.25, -0.2) is 4.39 Å². The minimum atomic E-state index is -0.329. The summed E-state index contributed by atoms with van der Waals surface area (Å²) in [6.07, 6.45) is 1.85. The Morgan fingerprint density at radius 3 is 2.59 bits per heavy atom. The smallest absolute Gasteiger partial charge is 0.320 e. The fourth-order valence-corrected chi connectivity index (χ4v) is 4.00. The molecule has 0 saturated carbocycles. The number of anilines is 2. The van der Waals surface area contributed by atoms with Crippen LogP contribution in [-0.2, 0) is 9.47 Å². The first-order valence-electron chi connectivity index (χ1n) is 11.5. The highest BCUT2D eigenvalue weighted by molar-refractivity contribution is 5.71. The van der Waals surface area contributed by atoms with E-state index in [-0.39, 0.29) is 5.82 Å². The van der Waals surface area contributed by atoms with Gasteiger partial charge in [0.05, 0.1) is 32.1 Å². The SMILES string of the molecule is Fc1ccc2c(c1)C(NNc1cc(N3CCOCC3)nc(OCCN3CCOCC3)n1)=CCO2. The molecule has 0 bridgehead atoms. The van der Waals surface area contributed by atoms with E-state index in [0.29, 0.717) is 55.3 Å². The van der Waals surface area contributed by atoms with Crippen molar-refractivity contribution in [2.75, 3.05) is 82.7 Å². The molecule has 4 heterocycles. The van der Waals surface area contributed by atoms with Crippen LogP contribution in [0.3, 0.4) is 0 Å². The topological polar surface area (TPSA) is 93.2 Å². The highest BCUT2D eigenvalue weighted by Crippen LogP contribution is 2.29. The summed E-state index contributed by atoms with van der Waals surface area (Å²) < 4.78 is 36.2. The van der Waals surface area contributed by atoms with Crippen molar-refractivity contribution in [1.82, 2.24) is 20.3 Å². The van der Waals surface area contributed by atoms with Crippen LogP contribution in [-0.4, -0.2) is 87.2 Å². The molecule has 3 aliphatic rings. The average molecular weight is 473 g/mol. The number of benzene rings is 1. The standard InChI is InChI=1S/C23H29FN6O4/c24-17-1-2-20-18(15-17)19(3-9-33-20)27-28-21-16-22(30-7-12-32-13-8-30)26-23(25-21)34-14-6-29-4-10-31-11-5-29/h1-3,15-16,27H,4-14H2,(H,25,26,28). The van der Waals surface area contributed by atoms with Crippen molar-refractivity contribution < 1.29 is 23.3 Å². The summed E-state index contributed by atoms with van der Waals surface area (Å²) in [5, 5.41) is 0. The molecule has 5 rings (SSSR count). The summed E-state index contributed by atoms with van der Waals surface area (Å²) >= 11 is 0. The van der Waals surface area contributed by atoms with Gasteiger partial charge >= 0.3 is 6.01 Å². The minimum absolute atomic E-state index is 0.300. The molecule has 0 amide bonds. The van der Waals surface area contributed by atoms with E-state index in [1.165, 1.54) is 12.1 Å². The lowest BCUT2D eigenvalue weighted by atomic mass is 10.1. The Morgan fingerprint density at radius 1 is 0.971 bits per heavy atom. The molecule has 2 N–H and O–H groups in total. The number of fused-ring (bicyclic) bond motifs is 1. The number of nitrogens with one attached hydrogen (secondary N) is 2. The van der Waals surface area contributed by atoms with Crippen LogP contribution in [0.15, 0.2) is 30.3 Å². The van der Waals surface area contributed by atoms with E-state index in [4.69, 9.17) is 18.9 Å². The van der Waals surface area contributed by atoms with Crippen molar-refractivity contribution in [3.05, 3.63) is 41.7 Å². The number of hydrazine groups is 1. The van der Waals surface area contributed by atoms with Crippen molar-refractivity contribution in [3.63, 3.8) is 0 Å². The minimum Gasteiger partial charge on any atom is -0.489 e. The van der Waals surface area contributed by atoms with Gasteiger partial charge < -0.3 is 23.8 Å². The molecule has 2 fully saturated rings. The number of halogens is 1. The lowest BCUT2D eigenvalue weighted by Gasteiger charge is -2.28. The molecule has 34 heavy (non-hydrogen) atoms. The van der Waals surface area contributed by atoms with E-state index in [1.54, 1.807) is 6.07 Å². The number of ether oxygens (including phenoxy) is 4. The Bertz CT molecular complexity index is 1010. The molecule has 0 radical (unpaired) electrons. The molecule has 2 saturated heterocycles. The molecule has 0 aliphatic carbocycles. The predicted octanol–water partition coefficient (Wildman–Crippen LogP) is 1.51. The van der Waals surface area contributed by atoms with Gasteiger partial charge in [0.1, 0.15) is 30.6 Å². The van der Waals surface area contributed by atoms with E-state index < -0.39 is 0 Å². The molecule has 10 nitrogen and oxygen atoms in total. The van der Waals surface area contributed by atoms with Crippen LogP contribution in [0.25, 0.3) is 5.70 Å². The highest BCUT2D eigenvalue weighted by atomic mass is 19.1. The van der Waals surface area contributed by atoms with Crippen molar-refractivity contribution in [3.8, 4) is 11.8 Å². The van der Waals surface area contributed by atoms with Gasteiger partial charge in [-0.1, -0.05) is 0 Å². The van der Waals surface area contributed by atoms with Crippen molar-refractivity contribution >= 4 is 17.3 Å². The number of morpholine rings is 2. The van der Waals surface area contributed by atoms with Gasteiger partial charge in [-0.2, -0.15) is 9.97 Å². The molecule has 2 aromatic rings. The van der Waals surface area contributed by atoms with Crippen LogP contribution in [0.1, 0.15) is 5.56 Å². The van der Waals surface area contributed by atoms with E-state index in [0.717, 1.165) is 51.8 Å². The zero-order valence-electron chi connectivity index (χ0n) is 19.0. The lowest BCUT2D eigenvalue weighted by molar-refractivity contribution is 0.0317. The molecule has 3 aliphatic heterocycles. The maximum Gasteiger partial charge on any atom is 0.320 e. The van der Waals surface area contributed by atoms with Gasteiger partial charge in [-0.3, -0.25) is 15.8 Å². The number of hydrogen-bond donors (Lipinski definition) is 2. The van der Waals surface area contributed by atoms with Gasteiger partial charge in [-0.05, 0) is 24.3 Å². The molecular weight excluding hydrogens is 443 g/mol. The van der Waals surface area contributed by atoms with Crippen LogP contribution in [0.5, 0.6) is 11.8 Å². The van der Waals surface area contributed by atoms with Gasteiger partial charge in [0, 0.05) is 44.4 Å². The summed E-state index contributed by atoms with van der Waals surface area (Å²) in [5.41, 5.74) is 7.61. The Labute approximate surface area is 197 Å². The summed E-state index contributed by atoms with van der Waals surface area (Å²) in [5.74, 6) is 1.60. The number of hydrogen-bond acceptors (Lipinski definition) is 10. The maximum atomic E-state index is 13.8. The first-order chi connectivity index (χ1) is 16.7. The monoisotopic (exact) mass is 472 g/mol. The molecule has 0 atom stereocenters. The number of rotatable bonds is 8. The Morgan fingerprint density at radius 2 is 1.76 bits per heavy atom. The van der Waals surface area contributed by atoms with Gasteiger partial charge in [0.15, 0.2) is 5.82 Å². The molecule has 1 aromatic heterocycles. The van der Waals surface area contributed by atoms with Crippen molar-refractivity contribution in [2.45, 2.75) is 0 Å². The zero-order valence-corrected chi connectivity index (χ0v) is 19.0. The van der Waals surface area contributed by atoms with Gasteiger partial charge in [-0.15, -0.1) is 0 Å². The first kappa shape index (κ1) is 22.6. The summed E-state index contributed by atoms with van der Waals surface area (Å²) in [6, 6.07) is 6.61. The zero-order chi connectivity index (χ0) is 23.2. The van der Waals surface area contributed by atoms with Crippen molar-refractivity contribution in [1.29, 1.82) is 0 Å². The third kappa shape index (κ3) is 5.66. The number of nitrogens with zero attached hydrogens (tertiary/aromatic N) is 4. The number of aromatic nitrogens is 2. The summed E-state index contributed by atoms with van der Waals surface area (Å²) in [6.45, 7) is 7.72. The maximum absolute atomic E-state index is 13.8. The molecule has 182 valence electrons. The third-order valence-corrected chi connectivity index (χ3v) is 5.85. The van der Waals surface area contributed by atoms with Crippen LogP contribution in [0, 0.1) is 5.82 Å². The molecule has 0 spiro atoms. The van der Waals surface area contributed by atoms with Gasteiger partial charge in [0.25, 0.3) is 0 Å². The fraction of sp³-hybridized carbons (Fsp3) is 0.478. The quantitative estimate of drug-likeness (QED) is 0.551. The highest BCUT2D eigenvalue weighted by Gasteiger charge is 2.18. The predicted molar refractivity (Wildman–Crippen MR) is 124 cm³/mol. The van der Waals surface area contributed by atoms with E-state index in [9.17, 15) is 4.39 Å². The van der Waals surface area contributed by atoms with Crippen LogP contribution in [0.2, 0.25) is 0 Å². The summed E-state index contributed by atoms with van der Waals surface area (Å²) in [7, 11) is 0. The van der Waals surface area contributed by atoms with Crippen LogP contribution in [0.4, 0.5) is 16.0 Å². The molecule has 0 unspecified atom stereocenters. The van der Waals surface area contributed by atoms with Crippen LogP contribution >= 0.6 is 0 Å². The molecule has 11 heteroatoms. The van der Waals surface area contributed by atoms with Crippen molar-refractivity contribution in [2.24, 2.45) is 0 Å². The lowest BCUT2D eigenvalue weighted by Crippen LogP contribution is -2.39. The average Bonchev–Trinajstić information content (AvgIpc) is 2.88. The van der Waals surface area contributed by atoms with Crippen LogP contribution < -0.4 is 25.2 Å². The van der Waals surface area contributed by atoms with E-state index >= 15 is 0 Å². The van der Waals surface area contributed by atoms with Gasteiger partial charge in [0.2, 0.25) is 0 Å². The second kappa shape index (κ2) is 10.9. The third-order valence-electron chi connectivity index (χ3n) is 5.85. The molecular formula is C23H29FN6O4. The summed E-state index contributed by atoms with van der Waals surface area (Å²) in [4.78, 5) is 13.6. The largest absolute Gasteiger partial charge is 0.489 e. The van der Waals surface area contributed by atoms with E-state index in [1.807, 2.05) is 12.1 Å². The Kier molecular flexibility index (Phi) is 7.22. The Hall–Kier alpha value is -3.15. The first-order valence-corrected chi connectivity index (χ1v) is 11.5. The molecule has 1 aromatic carbocycles. The second-order valence-corrected chi connectivity index (χ2v) is 8.12.